The molecule has 1 aromatic carbocycles. The van der Waals surface area contributed by atoms with Crippen LogP contribution >= 0.6 is 0 Å². The number of allylic oxidation sites excluding steroid dienone is 1. The number of carboxylic acid groups (broad SMARTS) is 2. The van der Waals surface area contributed by atoms with E-state index in [1.54, 1.807) is 24.3 Å². The molecule has 0 aromatic heterocycles. The van der Waals surface area contributed by atoms with Gasteiger partial charge in [-0.2, -0.15) is 0 Å². The summed E-state index contributed by atoms with van der Waals surface area (Å²) >= 11 is 0. The summed E-state index contributed by atoms with van der Waals surface area (Å²) in [5.41, 5.74) is 1.09. The highest BCUT2D eigenvalue weighted by Crippen LogP contribution is 2.10. The molecule has 0 aliphatic carbocycles. The molecule has 0 radical (unpaired) electrons. The van der Waals surface area contributed by atoms with Gasteiger partial charge in [-0.25, -0.2) is 9.59 Å². The number of nitrogens with one attached hydrogen (secondary N) is 1. The number of amides is 1. The van der Waals surface area contributed by atoms with Crippen molar-refractivity contribution < 1.29 is 29.4 Å². The van der Waals surface area contributed by atoms with E-state index < -0.39 is 17.8 Å². The molecule has 114 valence electrons. The molecule has 0 fully saturated rings. The van der Waals surface area contributed by atoms with Gasteiger partial charge in [-0.3, -0.25) is 9.59 Å². The number of benzene rings is 1. The zero-order chi connectivity index (χ0) is 16.5. The van der Waals surface area contributed by atoms with Crippen LogP contribution in [0, 0.1) is 0 Å². The molecule has 3 N–H and O–H groups in total. The fraction of sp³-hybridized carbons (Fsp3) is 0.0667. The van der Waals surface area contributed by atoms with Crippen LogP contribution in [0.4, 0.5) is 5.69 Å². The smallest absolute Gasteiger partial charge is 0.328 e. The van der Waals surface area contributed by atoms with Crippen LogP contribution in [-0.2, 0) is 25.6 Å². The molecule has 0 aliphatic rings. The zero-order valence-corrected chi connectivity index (χ0v) is 11.4. The van der Waals surface area contributed by atoms with Gasteiger partial charge < -0.3 is 15.5 Å². The number of carbonyl (C=O) groups is 4. The summed E-state index contributed by atoms with van der Waals surface area (Å²) in [6.07, 6.45) is 3.39. The first kappa shape index (κ1) is 16.8. The van der Waals surface area contributed by atoms with Crippen LogP contribution in [0.2, 0.25) is 0 Å². The van der Waals surface area contributed by atoms with E-state index >= 15 is 0 Å². The van der Waals surface area contributed by atoms with Crippen LogP contribution in [-0.4, -0.2) is 33.8 Å². The summed E-state index contributed by atoms with van der Waals surface area (Å²) < 4.78 is 0. The van der Waals surface area contributed by atoms with Crippen molar-refractivity contribution in [1.82, 2.24) is 0 Å². The van der Waals surface area contributed by atoms with E-state index in [1.165, 1.54) is 0 Å². The molecule has 0 saturated heterocycles. The monoisotopic (exact) mass is 303 g/mol. The normalized spacial score (nSPS) is 10.7. The van der Waals surface area contributed by atoms with Crippen molar-refractivity contribution in [2.45, 2.75) is 6.42 Å². The summed E-state index contributed by atoms with van der Waals surface area (Å²) in [7, 11) is 0. The largest absolute Gasteiger partial charge is 0.478 e. The maximum Gasteiger partial charge on any atom is 0.328 e. The lowest BCUT2D eigenvalue weighted by Crippen LogP contribution is -2.08. The molecule has 1 aromatic rings. The first-order valence-electron chi connectivity index (χ1n) is 6.11. The van der Waals surface area contributed by atoms with Crippen molar-refractivity contribution in [1.29, 1.82) is 0 Å². The Morgan fingerprint density at radius 3 is 1.95 bits per heavy atom. The fourth-order valence-electron chi connectivity index (χ4n) is 1.46. The second kappa shape index (κ2) is 8.15. The van der Waals surface area contributed by atoms with Gasteiger partial charge in [0, 0.05) is 30.3 Å². The molecule has 7 heteroatoms. The minimum Gasteiger partial charge on any atom is -0.478 e. The number of rotatable bonds is 7. The molecular formula is C15H13NO6. The molecule has 0 atom stereocenters. The molecule has 1 amide bonds. The van der Waals surface area contributed by atoms with Gasteiger partial charge in [-0.15, -0.1) is 0 Å². The van der Waals surface area contributed by atoms with Crippen LogP contribution in [0.5, 0.6) is 0 Å². The zero-order valence-electron chi connectivity index (χ0n) is 11.4. The number of carbonyl (C=O) groups excluding carboxylic acids is 2. The summed E-state index contributed by atoms with van der Waals surface area (Å²) in [5, 5.41) is 19.2. The lowest BCUT2D eigenvalue weighted by Gasteiger charge is -2.03. The van der Waals surface area contributed by atoms with Crippen LogP contribution in [0.25, 0.3) is 0 Å². The van der Waals surface area contributed by atoms with E-state index in [0.717, 1.165) is 24.3 Å². The number of hydrogen-bond acceptors (Lipinski definition) is 4. The highest BCUT2D eigenvalue weighted by atomic mass is 16.4. The molecule has 0 heterocycles. The van der Waals surface area contributed by atoms with Gasteiger partial charge in [-0.05, 0) is 23.8 Å². The Labute approximate surface area is 125 Å². The maximum atomic E-state index is 11.4. The number of aliphatic carboxylic acids is 2. The number of carboxylic acids is 2. The molecule has 0 spiro atoms. The molecule has 0 aliphatic heterocycles. The topological polar surface area (TPSA) is 121 Å². The molecule has 0 unspecified atom stereocenters. The van der Waals surface area contributed by atoms with Crippen molar-refractivity contribution in [3.8, 4) is 0 Å². The summed E-state index contributed by atoms with van der Waals surface area (Å²) in [6, 6.07) is 6.30. The molecule has 1 rings (SSSR count). The molecule has 7 nitrogen and oxygen atoms in total. The molecular weight excluding hydrogens is 290 g/mol. The lowest BCUT2D eigenvalue weighted by molar-refractivity contribution is -0.132. The Kier molecular flexibility index (Phi) is 6.24. The van der Waals surface area contributed by atoms with Crippen LogP contribution < -0.4 is 5.32 Å². The fourth-order valence-corrected chi connectivity index (χ4v) is 1.46. The molecule has 22 heavy (non-hydrogen) atoms. The highest BCUT2D eigenvalue weighted by Gasteiger charge is 2.03. The third-order valence-corrected chi connectivity index (χ3v) is 2.39. The summed E-state index contributed by atoms with van der Waals surface area (Å²) in [6.45, 7) is 0. The third-order valence-electron chi connectivity index (χ3n) is 2.39. The highest BCUT2D eigenvalue weighted by molar-refractivity contribution is 6.02. The number of hydrogen-bond donors (Lipinski definition) is 3. The quantitative estimate of drug-likeness (QED) is 0.647. The van der Waals surface area contributed by atoms with Crippen molar-refractivity contribution >= 4 is 29.3 Å². The second-order valence-electron chi connectivity index (χ2n) is 4.17. The maximum absolute atomic E-state index is 11.4. The third kappa shape index (κ3) is 6.80. The standard InChI is InChI=1S/C15H13NO6/c17-12(5-7-14(19)20)9-10-1-3-11(4-2-10)16-13(18)6-8-15(21)22/h1-8H,9H2,(H,16,18)(H,19,20)(H,21,22)/b7-5-,8-6-. The Bertz CT molecular complexity index is 586. The molecule has 0 saturated carbocycles. The van der Waals surface area contributed by atoms with Crippen molar-refractivity contribution in [3.63, 3.8) is 0 Å². The Morgan fingerprint density at radius 1 is 0.864 bits per heavy atom. The Morgan fingerprint density at radius 2 is 1.41 bits per heavy atom. The first-order valence-corrected chi connectivity index (χ1v) is 6.11. The van der Waals surface area contributed by atoms with E-state index in [9.17, 15) is 19.2 Å². The SMILES string of the molecule is O=C(O)/C=C\C(=O)Cc1ccc(NC(=O)/C=C\C(=O)O)cc1. The van der Waals surface area contributed by atoms with Gasteiger partial charge in [0.25, 0.3) is 0 Å². The predicted octanol–water partition coefficient (Wildman–Crippen LogP) is 1.02. The van der Waals surface area contributed by atoms with Crippen molar-refractivity contribution in [3.05, 3.63) is 54.1 Å². The molecule has 0 bridgehead atoms. The van der Waals surface area contributed by atoms with Gasteiger partial charge >= 0.3 is 11.9 Å². The Balaban J connectivity index is 2.59. The summed E-state index contributed by atoms with van der Waals surface area (Å²) in [4.78, 5) is 43.3. The average molecular weight is 303 g/mol. The summed E-state index contributed by atoms with van der Waals surface area (Å²) in [5.74, 6) is -3.36. The van der Waals surface area contributed by atoms with Crippen LogP contribution in [0.3, 0.4) is 0 Å². The minimum absolute atomic E-state index is 0.0386. The van der Waals surface area contributed by atoms with Crippen molar-refractivity contribution in [2.24, 2.45) is 0 Å². The number of ketones is 1. The average Bonchev–Trinajstić information content (AvgIpc) is 2.45. The second-order valence-corrected chi connectivity index (χ2v) is 4.17. The lowest BCUT2D eigenvalue weighted by atomic mass is 10.1. The van der Waals surface area contributed by atoms with Gasteiger partial charge in [0.05, 0.1) is 0 Å². The van der Waals surface area contributed by atoms with Gasteiger partial charge in [0.1, 0.15) is 0 Å². The van der Waals surface area contributed by atoms with E-state index in [2.05, 4.69) is 5.32 Å². The van der Waals surface area contributed by atoms with Gasteiger partial charge in [-0.1, -0.05) is 12.1 Å². The van der Waals surface area contributed by atoms with Crippen LogP contribution in [0.15, 0.2) is 48.6 Å². The Hall–Kier alpha value is -3.22. The van der Waals surface area contributed by atoms with Crippen molar-refractivity contribution in [2.75, 3.05) is 5.32 Å². The van der Waals surface area contributed by atoms with Crippen LogP contribution in [0.1, 0.15) is 5.56 Å². The van der Waals surface area contributed by atoms with E-state index in [1.807, 2.05) is 0 Å². The minimum atomic E-state index is -1.22. The number of anilines is 1. The van der Waals surface area contributed by atoms with E-state index in [0.29, 0.717) is 11.3 Å². The van der Waals surface area contributed by atoms with E-state index in [-0.39, 0.29) is 12.2 Å². The van der Waals surface area contributed by atoms with E-state index in [4.69, 9.17) is 10.2 Å². The van der Waals surface area contributed by atoms with Gasteiger partial charge in [0.15, 0.2) is 5.78 Å². The predicted molar refractivity (Wildman–Crippen MR) is 77.3 cm³/mol. The van der Waals surface area contributed by atoms with Gasteiger partial charge in [0.2, 0.25) is 5.91 Å². The first-order chi connectivity index (χ1) is 10.4.